The Morgan fingerprint density at radius 2 is 2.00 bits per heavy atom. The van der Waals surface area contributed by atoms with Crippen LogP contribution in [0.4, 0.5) is 0 Å². The molecular formula is C27H40O5. The molecule has 5 atom stereocenters. The van der Waals surface area contributed by atoms with Gasteiger partial charge in [-0.1, -0.05) is 54.1 Å². The van der Waals surface area contributed by atoms with E-state index >= 15 is 0 Å². The molecule has 178 valence electrons. The van der Waals surface area contributed by atoms with Gasteiger partial charge in [-0.25, -0.2) is 0 Å². The van der Waals surface area contributed by atoms with Gasteiger partial charge >= 0.3 is 5.97 Å². The molecule has 1 aliphatic rings. The molecule has 32 heavy (non-hydrogen) atoms. The summed E-state index contributed by atoms with van der Waals surface area (Å²) in [6, 6.07) is 8.28. The third-order valence-electron chi connectivity index (χ3n) is 5.98. The van der Waals surface area contributed by atoms with E-state index in [-0.39, 0.29) is 23.9 Å². The molecular weight excluding hydrogens is 404 g/mol. The first-order chi connectivity index (χ1) is 15.3. The number of carbonyl (C=O) groups excluding carboxylic acids is 1. The second-order valence-electron chi connectivity index (χ2n) is 9.23. The lowest BCUT2D eigenvalue weighted by atomic mass is 9.89. The number of unbranched alkanes of at least 4 members (excludes halogenated alkanes) is 1. The van der Waals surface area contributed by atoms with Gasteiger partial charge in [0.1, 0.15) is 0 Å². The number of esters is 1. The summed E-state index contributed by atoms with van der Waals surface area (Å²) >= 11 is 0. The topological polar surface area (TPSA) is 87.0 Å². The van der Waals surface area contributed by atoms with E-state index < -0.39 is 18.3 Å². The number of allylic oxidation sites excluding steroid dienone is 2. The minimum atomic E-state index is -0.602. The first kappa shape index (κ1) is 26.3. The first-order valence-electron chi connectivity index (χ1n) is 11.9. The number of ether oxygens (including phenoxy) is 1. The highest BCUT2D eigenvalue weighted by Gasteiger charge is 2.39. The molecule has 5 nitrogen and oxygen atoms in total. The Hall–Kier alpha value is -1.95. The van der Waals surface area contributed by atoms with Crippen LogP contribution >= 0.6 is 0 Å². The van der Waals surface area contributed by atoms with E-state index in [1.54, 1.807) is 6.08 Å². The largest absolute Gasteiger partial charge is 0.463 e. The molecule has 1 fully saturated rings. The number of benzene rings is 1. The summed E-state index contributed by atoms with van der Waals surface area (Å²) in [4.78, 5) is 11.6. The smallest absolute Gasteiger partial charge is 0.306 e. The van der Waals surface area contributed by atoms with Gasteiger partial charge in [0.25, 0.3) is 0 Å². The quantitative estimate of drug-likeness (QED) is 0.255. The highest BCUT2D eigenvalue weighted by atomic mass is 16.5. The molecule has 2 rings (SSSR count). The SMILES string of the molecule is Cc1cccc(CC[C@H](O)/C=C/[C@@H]2[C@@H](C/C=C\CCCC(=O)OC(C)C)[C@@H](O)C[C@H]2O)c1. The van der Waals surface area contributed by atoms with Crippen molar-refractivity contribution < 1.29 is 24.9 Å². The van der Waals surface area contributed by atoms with Crippen LogP contribution in [0.25, 0.3) is 0 Å². The van der Waals surface area contributed by atoms with Crippen molar-refractivity contribution in [2.24, 2.45) is 11.8 Å². The summed E-state index contributed by atoms with van der Waals surface area (Å²) in [5, 5.41) is 31.1. The van der Waals surface area contributed by atoms with Gasteiger partial charge in [0.15, 0.2) is 0 Å². The molecule has 3 N–H and O–H groups in total. The van der Waals surface area contributed by atoms with Gasteiger partial charge in [-0.2, -0.15) is 0 Å². The van der Waals surface area contributed by atoms with Crippen LogP contribution in [0.15, 0.2) is 48.6 Å². The highest BCUT2D eigenvalue weighted by Crippen LogP contribution is 2.36. The summed E-state index contributed by atoms with van der Waals surface area (Å²) in [7, 11) is 0. The number of aliphatic hydroxyl groups is 3. The van der Waals surface area contributed by atoms with Crippen LogP contribution in [-0.2, 0) is 16.0 Å². The lowest BCUT2D eigenvalue weighted by Gasteiger charge is -2.19. The molecule has 0 spiro atoms. The van der Waals surface area contributed by atoms with Crippen LogP contribution in [0, 0.1) is 18.8 Å². The van der Waals surface area contributed by atoms with Crippen molar-refractivity contribution in [2.75, 3.05) is 0 Å². The van der Waals surface area contributed by atoms with Crippen molar-refractivity contribution in [1.82, 2.24) is 0 Å². The Kier molecular flexibility index (Phi) is 11.1. The molecule has 0 bridgehead atoms. The van der Waals surface area contributed by atoms with E-state index in [1.807, 2.05) is 38.1 Å². The van der Waals surface area contributed by atoms with E-state index in [0.29, 0.717) is 25.7 Å². The molecule has 1 aromatic carbocycles. The molecule has 0 aliphatic heterocycles. The van der Waals surface area contributed by atoms with E-state index in [2.05, 4.69) is 25.1 Å². The highest BCUT2D eigenvalue weighted by molar-refractivity contribution is 5.69. The second-order valence-corrected chi connectivity index (χ2v) is 9.23. The zero-order valence-electron chi connectivity index (χ0n) is 19.7. The first-order valence-corrected chi connectivity index (χ1v) is 11.9. The lowest BCUT2D eigenvalue weighted by molar-refractivity contribution is -0.147. The molecule has 0 radical (unpaired) electrons. The van der Waals surface area contributed by atoms with Crippen LogP contribution in [-0.4, -0.2) is 45.7 Å². The second kappa shape index (κ2) is 13.6. The molecule has 1 saturated carbocycles. The molecule has 0 aromatic heterocycles. The molecule has 0 saturated heterocycles. The molecule has 0 amide bonds. The standard InChI is InChI=1S/C27H40O5/c1-19(2)32-27(31)12-7-5-4-6-11-23-24(26(30)18-25(23)29)16-15-22(28)14-13-21-10-8-9-20(3)17-21/h4,6,8-10,15-17,19,22-26,28-30H,5,7,11-14,18H2,1-3H3/b6-4-,16-15+/t22-,23+,24+,25-,26+/m0/s1. The Morgan fingerprint density at radius 1 is 1.22 bits per heavy atom. The zero-order chi connectivity index (χ0) is 23.5. The fraction of sp³-hybridized carbons (Fsp3) is 0.593. The number of aryl methyl sites for hydroxylation is 2. The predicted molar refractivity (Wildman–Crippen MR) is 127 cm³/mol. The Balaban J connectivity index is 1.78. The molecule has 0 heterocycles. The van der Waals surface area contributed by atoms with Gasteiger partial charge in [-0.15, -0.1) is 0 Å². The number of aliphatic hydroxyl groups excluding tert-OH is 3. The maximum absolute atomic E-state index is 11.6. The van der Waals surface area contributed by atoms with E-state index in [4.69, 9.17) is 4.74 Å². The summed E-state index contributed by atoms with van der Waals surface area (Å²) in [6.07, 6.45) is 10.2. The molecule has 1 aromatic rings. The monoisotopic (exact) mass is 444 g/mol. The average molecular weight is 445 g/mol. The van der Waals surface area contributed by atoms with Crippen LogP contribution < -0.4 is 0 Å². The number of rotatable bonds is 12. The van der Waals surface area contributed by atoms with Gasteiger partial charge in [-0.05, 0) is 64.4 Å². The van der Waals surface area contributed by atoms with Gasteiger partial charge in [0, 0.05) is 18.8 Å². The van der Waals surface area contributed by atoms with Gasteiger partial charge in [-0.3, -0.25) is 4.79 Å². The van der Waals surface area contributed by atoms with Gasteiger partial charge in [0.2, 0.25) is 0 Å². The van der Waals surface area contributed by atoms with Crippen molar-refractivity contribution in [1.29, 1.82) is 0 Å². The van der Waals surface area contributed by atoms with Crippen molar-refractivity contribution >= 4 is 5.97 Å². The Morgan fingerprint density at radius 3 is 2.72 bits per heavy atom. The van der Waals surface area contributed by atoms with Gasteiger partial charge in [0.05, 0.1) is 24.4 Å². The van der Waals surface area contributed by atoms with E-state index in [9.17, 15) is 20.1 Å². The van der Waals surface area contributed by atoms with Crippen LogP contribution in [0.1, 0.15) is 63.5 Å². The molecule has 5 heteroatoms. The number of hydrogen-bond acceptors (Lipinski definition) is 5. The van der Waals surface area contributed by atoms with Crippen LogP contribution in [0.3, 0.4) is 0 Å². The maximum atomic E-state index is 11.6. The average Bonchev–Trinajstić information content (AvgIpc) is 2.99. The van der Waals surface area contributed by atoms with Crippen molar-refractivity contribution in [2.45, 2.75) is 90.1 Å². The maximum Gasteiger partial charge on any atom is 0.306 e. The minimum Gasteiger partial charge on any atom is -0.463 e. The summed E-state index contributed by atoms with van der Waals surface area (Å²) in [5.74, 6) is -0.425. The van der Waals surface area contributed by atoms with Crippen LogP contribution in [0.5, 0.6) is 0 Å². The third kappa shape index (κ3) is 9.27. The molecule has 0 unspecified atom stereocenters. The Bertz CT molecular complexity index is 754. The summed E-state index contributed by atoms with van der Waals surface area (Å²) in [5.41, 5.74) is 2.41. The third-order valence-corrected chi connectivity index (χ3v) is 5.98. The minimum absolute atomic E-state index is 0.0765. The predicted octanol–water partition coefficient (Wildman–Crippen LogP) is 4.27. The fourth-order valence-corrected chi connectivity index (χ4v) is 4.30. The molecule has 1 aliphatic carbocycles. The lowest BCUT2D eigenvalue weighted by Crippen LogP contribution is -2.20. The summed E-state index contributed by atoms with van der Waals surface area (Å²) in [6.45, 7) is 5.74. The van der Waals surface area contributed by atoms with Crippen molar-refractivity contribution in [3.63, 3.8) is 0 Å². The zero-order valence-corrected chi connectivity index (χ0v) is 19.7. The normalized spacial score (nSPS) is 24.6. The Labute approximate surface area is 192 Å². The summed E-state index contributed by atoms with van der Waals surface area (Å²) < 4.78 is 5.12. The van der Waals surface area contributed by atoms with Gasteiger partial charge < -0.3 is 20.1 Å². The van der Waals surface area contributed by atoms with E-state index in [0.717, 1.165) is 19.3 Å². The van der Waals surface area contributed by atoms with Crippen LogP contribution in [0.2, 0.25) is 0 Å². The van der Waals surface area contributed by atoms with E-state index in [1.165, 1.54) is 11.1 Å². The van der Waals surface area contributed by atoms with Crippen molar-refractivity contribution in [3.05, 3.63) is 59.7 Å². The van der Waals surface area contributed by atoms with Crippen molar-refractivity contribution in [3.8, 4) is 0 Å². The fourth-order valence-electron chi connectivity index (χ4n) is 4.30. The number of hydrogen-bond donors (Lipinski definition) is 3. The number of carbonyl (C=O) groups is 1.